The van der Waals surface area contributed by atoms with Crippen LogP contribution in [0.25, 0.3) is 6.08 Å². The normalized spacial score (nSPS) is 16.3. The molecule has 19 heavy (non-hydrogen) atoms. The summed E-state index contributed by atoms with van der Waals surface area (Å²) in [6.45, 7) is 0.432. The number of aliphatic hydroxyl groups is 1. The highest BCUT2D eigenvalue weighted by atomic mass is 16.3. The maximum Gasteiger partial charge on any atom is 0.246 e. The summed E-state index contributed by atoms with van der Waals surface area (Å²) in [5.41, 5.74) is 0.892. The Morgan fingerprint density at radius 2 is 2.32 bits per heavy atom. The van der Waals surface area contributed by atoms with E-state index in [9.17, 15) is 4.79 Å². The molecule has 1 aliphatic carbocycles. The first kappa shape index (κ1) is 13.8. The van der Waals surface area contributed by atoms with Crippen molar-refractivity contribution < 1.29 is 9.90 Å². The zero-order valence-corrected chi connectivity index (χ0v) is 11.3. The Bertz CT molecular complexity index is 447. The van der Waals surface area contributed by atoms with E-state index in [1.807, 2.05) is 13.1 Å². The van der Waals surface area contributed by atoms with Crippen LogP contribution >= 0.6 is 0 Å². The van der Waals surface area contributed by atoms with Crippen LogP contribution in [0.2, 0.25) is 0 Å². The third-order valence-electron chi connectivity index (χ3n) is 3.64. The van der Waals surface area contributed by atoms with Crippen LogP contribution in [0.1, 0.15) is 31.4 Å². The van der Waals surface area contributed by atoms with E-state index < -0.39 is 0 Å². The van der Waals surface area contributed by atoms with Crippen LogP contribution in [-0.4, -0.2) is 44.9 Å². The monoisotopic (exact) mass is 263 g/mol. The van der Waals surface area contributed by atoms with Crippen LogP contribution in [0.15, 0.2) is 18.3 Å². The first-order chi connectivity index (χ1) is 9.22. The molecule has 0 saturated heterocycles. The maximum atomic E-state index is 12.2. The molecule has 0 aromatic carbocycles. The molecule has 0 atom stereocenters. The number of aromatic nitrogens is 2. The fraction of sp³-hybridized carbons (Fsp3) is 0.571. The van der Waals surface area contributed by atoms with Crippen molar-refractivity contribution in [2.24, 2.45) is 7.05 Å². The maximum absolute atomic E-state index is 12.2. The highest BCUT2D eigenvalue weighted by Crippen LogP contribution is 2.23. The van der Waals surface area contributed by atoms with Gasteiger partial charge in [-0.15, -0.1) is 0 Å². The standard InChI is InChI=1S/C14H21N3O2/c1-16-12(8-9-15-16)6-7-14(19)17(10-11-18)13-4-2-3-5-13/h6-9,13,18H,2-5,10-11H2,1H3/b7-6+. The van der Waals surface area contributed by atoms with Crippen LogP contribution in [0.4, 0.5) is 0 Å². The van der Waals surface area contributed by atoms with Gasteiger partial charge in [0.2, 0.25) is 5.91 Å². The summed E-state index contributed by atoms with van der Waals surface area (Å²) in [5, 5.41) is 13.2. The van der Waals surface area contributed by atoms with Crippen molar-refractivity contribution >= 4 is 12.0 Å². The summed E-state index contributed by atoms with van der Waals surface area (Å²) in [5.74, 6) is -0.0258. The van der Waals surface area contributed by atoms with Gasteiger partial charge in [-0.25, -0.2) is 0 Å². The molecular weight excluding hydrogens is 242 g/mol. The number of nitrogens with zero attached hydrogens (tertiary/aromatic N) is 3. The van der Waals surface area contributed by atoms with Gasteiger partial charge in [0.25, 0.3) is 0 Å². The molecule has 1 fully saturated rings. The molecule has 0 aliphatic heterocycles. The molecule has 1 aromatic rings. The molecule has 0 unspecified atom stereocenters. The lowest BCUT2D eigenvalue weighted by Gasteiger charge is -2.27. The molecule has 5 nitrogen and oxygen atoms in total. The lowest BCUT2D eigenvalue weighted by Crippen LogP contribution is -2.39. The first-order valence-corrected chi connectivity index (χ1v) is 6.80. The molecule has 1 N–H and O–H groups in total. The number of rotatable bonds is 5. The summed E-state index contributed by atoms with van der Waals surface area (Å²) >= 11 is 0. The zero-order chi connectivity index (χ0) is 13.7. The lowest BCUT2D eigenvalue weighted by atomic mass is 10.2. The fourth-order valence-electron chi connectivity index (χ4n) is 2.60. The van der Waals surface area contributed by atoms with Crippen LogP contribution in [0.3, 0.4) is 0 Å². The molecule has 1 saturated carbocycles. The summed E-state index contributed by atoms with van der Waals surface area (Å²) < 4.78 is 1.72. The van der Waals surface area contributed by atoms with E-state index in [0.717, 1.165) is 18.5 Å². The average Bonchev–Trinajstić information content (AvgIpc) is 3.04. The third kappa shape index (κ3) is 3.44. The van der Waals surface area contributed by atoms with Gasteiger partial charge in [-0.2, -0.15) is 5.10 Å². The summed E-state index contributed by atoms with van der Waals surface area (Å²) in [4.78, 5) is 14.0. The average molecular weight is 263 g/mol. The summed E-state index contributed by atoms with van der Waals surface area (Å²) in [6, 6.07) is 2.14. The molecule has 0 radical (unpaired) electrons. The van der Waals surface area contributed by atoms with E-state index in [2.05, 4.69) is 5.10 Å². The lowest BCUT2D eigenvalue weighted by molar-refractivity contribution is -0.128. The van der Waals surface area contributed by atoms with Gasteiger partial charge in [-0.05, 0) is 25.0 Å². The van der Waals surface area contributed by atoms with Crippen LogP contribution in [0.5, 0.6) is 0 Å². The number of hydrogen-bond acceptors (Lipinski definition) is 3. The second-order valence-electron chi connectivity index (χ2n) is 4.91. The second-order valence-corrected chi connectivity index (χ2v) is 4.91. The van der Waals surface area contributed by atoms with Gasteiger partial charge in [0.1, 0.15) is 0 Å². The third-order valence-corrected chi connectivity index (χ3v) is 3.64. The molecule has 104 valence electrons. The van der Waals surface area contributed by atoms with E-state index in [4.69, 9.17) is 5.11 Å². The zero-order valence-electron chi connectivity index (χ0n) is 11.3. The van der Waals surface area contributed by atoms with Crippen molar-refractivity contribution in [3.05, 3.63) is 24.0 Å². The van der Waals surface area contributed by atoms with Crippen molar-refractivity contribution in [3.63, 3.8) is 0 Å². The summed E-state index contributed by atoms with van der Waals surface area (Å²) in [6.07, 6.45) is 9.49. The van der Waals surface area contributed by atoms with Gasteiger partial charge in [0.05, 0.1) is 12.3 Å². The fourth-order valence-corrected chi connectivity index (χ4v) is 2.60. The second kappa shape index (κ2) is 6.52. The molecule has 2 rings (SSSR count). The Labute approximate surface area is 113 Å². The van der Waals surface area contributed by atoms with Gasteiger partial charge in [-0.3, -0.25) is 9.48 Å². The smallest absolute Gasteiger partial charge is 0.246 e. The number of carbonyl (C=O) groups excluding carboxylic acids is 1. The molecule has 1 amide bonds. The molecule has 1 aliphatic rings. The molecular formula is C14H21N3O2. The van der Waals surface area contributed by atoms with E-state index in [1.165, 1.54) is 12.8 Å². The minimum absolute atomic E-state index is 0.0157. The number of carbonyl (C=O) groups is 1. The predicted molar refractivity (Wildman–Crippen MR) is 73.3 cm³/mol. The van der Waals surface area contributed by atoms with Crippen molar-refractivity contribution in [1.82, 2.24) is 14.7 Å². The van der Waals surface area contributed by atoms with Gasteiger partial charge in [0.15, 0.2) is 0 Å². The number of hydrogen-bond donors (Lipinski definition) is 1. The van der Waals surface area contributed by atoms with Crippen LogP contribution in [-0.2, 0) is 11.8 Å². The van der Waals surface area contributed by atoms with Crippen molar-refractivity contribution in [2.75, 3.05) is 13.2 Å². The first-order valence-electron chi connectivity index (χ1n) is 6.80. The van der Waals surface area contributed by atoms with Crippen molar-refractivity contribution in [2.45, 2.75) is 31.7 Å². The molecule has 0 bridgehead atoms. The molecule has 0 spiro atoms. The highest BCUT2D eigenvalue weighted by molar-refractivity contribution is 5.91. The number of aliphatic hydroxyl groups excluding tert-OH is 1. The Morgan fingerprint density at radius 1 is 1.58 bits per heavy atom. The van der Waals surface area contributed by atoms with Gasteiger partial charge in [0, 0.05) is 31.9 Å². The van der Waals surface area contributed by atoms with Crippen LogP contribution < -0.4 is 0 Å². The van der Waals surface area contributed by atoms with E-state index in [1.54, 1.807) is 27.9 Å². The molecule has 1 aromatic heterocycles. The summed E-state index contributed by atoms with van der Waals surface area (Å²) in [7, 11) is 1.84. The van der Waals surface area contributed by atoms with Crippen molar-refractivity contribution in [1.29, 1.82) is 0 Å². The Kier molecular flexibility index (Phi) is 4.74. The predicted octanol–water partition coefficient (Wildman–Crippen LogP) is 1.20. The Balaban J connectivity index is 2.02. The quantitative estimate of drug-likeness (QED) is 0.812. The Hall–Kier alpha value is -1.62. The topological polar surface area (TPSA) is 58.4 Å². The van der Waals surface area contributed by atoms with E-state index in [-0.39, 0.29) is 18.6 Å². The van der Waals surface area contributed by atoms with Gasteiger partial charge < -0.3 is 10.0 Å². The Morgan fingerprint density at radius 3 is 2.89 bits per heavy atom. The van der Waals surface area contributed by atoms with Crippen LogP contribution in [0, 0.1) is 0 Å². The molecule has 1 heterocycles. The minimum atomic E-state index is -0.0258. The number of amides is 1. The van der Waals surface area contributed by atoms with Gasteiger partial charge >= 0.3 is 0 Å². The number of aryl methyl sites for hydroxylation is 1. The molecule has 5 heteroatoms. The largest absolute Gasteiger partial charge is 0.395 e. The highest BCUT2D eigenvalue weighted by Gasteiger charge is 2.24. The SMILES string of the molecule is Cn1nccc1/C=C/C(=O)N(CCO)C1CCCC1. The minimum Gasteiger partial charge on any atom is -0.395 e. The van der Waals surface area contributed by atoms with E-state index >= 15 is 0 Å². The van der Waals surface area contributed by atoms with Gasteiger partial charge in [-0.1, -0.05) is 12.8 Å². The van der Waals surface area contributed by atoms with E-state index in [0.29, 0.717) is 6.54 Å². The van der Waals surface area contributed by atoms with Crippen molar-refractivity contribution in [3.8, 4) is 0 Å².